The van der Waals surface area contributed by atoms with Gasteiger partial charge in [-0.25, -0.2) is 15.0 Å². The van der Waals surface area contributed by atoms with Crippen LogP contribution in [-0.2, 0) is 0 Å². The number of hydrazine groups is 1. The largest absolute Gasteiger partial charge is 0.247 e. The van der Waals surface area contributed by atoms with Gasteiger partial charge in [0.2, 0.25) is 5.11 Å². The van der Waals surface area contributed by atoms with Gasteiger partial charge in [0.05, 0.1) is 11.4 Å². The van der Waals surface area contributed by atoms with Crippen LogP contribution >= 0.6 is 12.2 Å². The molecule has 0 spiro atoms. The van der Waals surface area contributed by atoms with Crippen LogP contribution in [0, 0.1) is 0 Å². The van der Waals surface area contributed by atoms with E-state index >= 15 is 0 Å². The molecule has 0 amide bonds. The third-order valence-corrected chi connectivity index (χ3v) is 2.27. The molecule has 0 atom stereocenters. The predicted octanol–water partition coefficient (Wildman–Crippen LogP) is 0.885. The summed E-state index contributed by atoms with van der Waals surface area (Å²) in [5.74, 6) is 0. The van der Waals surface area contributed by atoms with Gasteiger partial charge in [0.25, 0.3) is 0 Å². The molecule has 0 saturated heterocycles. The van der Waals surface area contributed by atoms with Crippen LogP contribution in [0.5, 0.6) is 0 Å². The van der Waals surface area contributed by atoms with Crippen molar-refractivity contribution in [3.8, 4) is 0 Å². The van der Waals surface area contributed by atoms with Crippen molar-refractivity contribution < 1.29 is 0 Å². The van der Waals surface area contributed by atoms with Crippen LogP contribution < -0.4 is 0 Å². The molecule has 0 fully saturated rings. The monoisotopic (exact) mass is 198 g/mol. The molecular weight excluding hydrogens is 184 g/mol. The molecule has 0 aromatic carbocycles. The van der Waals surface area contributed by atoms with Crippen molar-refractivity contribution in [2.24, 2.45) is 5.10 Å². The highest BCUT2D eigenvalue weighted by atomic mass is 32.1. The number of nitrogens with zero attached hydrogens (tertiary/aromatic N) is 4. The molecule has 0 unspecified atom stereocenters. The molecular formula is C8H14N4S. The van der Waals surface area contributed by atoms with Gasteiger partial charge >= 0.3 is 0 Å². The van der Waals surface area contributed by atoms with E-state index in [2.05, 4.69) is 11.7 Å². The lowest BCUT2D eigenvalue weighted by atomic mass is 10.3. The third-order valence-electron chi connectivity index (χ3n) is 1.83. The Morgan fingerprint density at radius 2 is 2.00 bits per heavy atom. The highest BCUT2D eigenvalue weighted by molar-refractivity contribution is 7.80. The third kappa shape index (κ3) is 1.71. The Morgan fingerprint density at radius 1 is 1.46 bits per heavy atom. The SMILES string of the molecule is C=C1C(C)=NN(C)C(=S)N1N(C)C. The normalized spacial score (nSPS) is 18.4. The molecule has 0 saturated carbocycles. The fourth-order valence-corrected chi connectivity index (χ4v) is 1.46. The van der Waals surface area contributed by atoms with E-state index in [0.29, 0.717) is 5.11 Å². The highest BCUT2D eigenvalue weighted by Gasteiger charge is 2.25. The second-order valence-corrected chi connectivity index (χ2v) is 3.46. The van der Waals surface area contributed by atoms with Crippen molar-refractivity contribution in [3.63, 3.8) is 0 Å². The average Bonchev–Trinajstić information content (AvgIpc) is 2.01. The molecule has 72 valence electrons. The molecule has 5 heteroatoms. The minimum absolute atomic E-state index is 0.639. The second kappa shape index (κ2) is 3.43. The van der Waals surface area contributed by atoms with Crippen molar-refractivity contribution in [1.82, 2.24) is 15.0 Å². The van der Waals surface area contributed by atoms with E-state index in [4.69, 9.17) is 12.2 Å². The topological polar surface area (TPSA) is 22.1 Å². The van der Waals surface area contributed by atoms with Gasteiger partial charge < -0.3 is 0 Å². The summed E-state index contributed by atoms with van der Waals surface area (Å²) in [7, 11) is 5.67. The second-order valence-electron chi connectivity index (χ2n) is 3.10. The number of hydrogen-bond donors (Lipinski definition) is 0. The first-order valence-corrected chi connectivity index (χ1v) is 4.35. The molecule has 0 aromatic rings. The Hall–Kier alpha value is -0.940. The summed E-state index contributed by atoms with van der Waals surface area (Å²) in [6.45, 7) is 5.84. The maximum Gasteiger partial charge on any atom is 0.211 e. The predicted molar refractivity (Wildman–Crippen MR) is 58.1 cm³/mol. The Labute approximate surface area is 84.1 Å². The standard InChI is InChI=1S/C8H14N4S/c1-6-7(2)12(10(3)4)8(13)11(5)9-6/h2H2,1,3-5H3. The number of hydrazone groups is 1. The zero-order valence-corrected chi connectivity index (χ0v) is 9.22. The zero-order valence-electron chi connectivity index (χ0n) is 8.40. The highest BCUT2D eigenvalue weighted by Crippen LogP contribution is 2.15. The van der Waals surface area contributed by atoms with Crippen LogP contribution in [0.15, 0.2) is 17.4 Å². The lowest BCUT2D eigenvalue weighted by Crippen LogP contribution is -2.50. The van der Waals surface area contributed by atoms with Gasteiger partial charge in [0.1, 0.15) is 0 Å². The molecule has 1 aliphatic heterocycles. The number of allylic oxidation sites excluding steroid dienone is 1. The van der Waals surface area contributed by atoms with E-state index in [1.54, 1.807) is 5.01 Å². The van der Waals surface area contributed by atoms with Gasteiger partial charge in [-0.3, -0.25) is 0 Å². The molecule has 0 aromatic heterocycles. The van der Waals surface area contributed by atoms with E-state index in [0.717, 1.165) is 11.4 Å². The van der Waals surface area contributed by atoms with Gasteiger partial charge in [-0.2, -0.15) is 5.10 Å². The van der Waals surface area contributed by atoms with Crippen molar-refractivity contribution in [2.45, 2.75) is 6.92 Å². The fraction of sp³-hybridized carbons (Fsp3) is 0.500. The van der Waals surface area contributed by atoms with Gasteiger partial charge in [-0.1, -0.05) is 6.58 Å². The quantitative estimate of drug-likeness (QED) is 0.583. The van der Waals surface area contributed by atoms with Gasteiger partial charge in [0.15, 0.2) is 0 Å². The van der Waals surface area contributed by atoms with Crippen LogP contribution in [0.2, 0.25) is 0 Å². The minimum atomic E-state index is 0.639. The summed E-state index contributed by atoms with van der Waals surface area (Å²) < 4.78 is 0. The maximum atomic E-state index is 5.20. The first-order valence-electron chi connectivity index (χ1n) is 3.94. The first kappa shape index (κ1) is 10.1. The zero-order chi connectivity index (χ0) is 10.2. The summed E-state index contributed by atoms with van der Waals surface area (Å²) in [6, 6.07) is 0. The van der Waals surface area contributed by atoms with Crippen LogP contribution in [0.1, 0.15) is 6.92 Å². The Balaban J connectivity index is 3.04. The van der Waals surface area contributed by atoms with Gasteiger partial charge in [0, 0.05) is 21.1 Å². The molecule has 1 rings (SSSR count). The van der Waals surface area contributed by atoms with Crippen molar-refractivity contribution >= 4 is 23.0 Å². The van der Waals surface area contributed by atoms with E-state index in [9.17, 15) is 0 Å². The number of rotatable bonds is 1. The van der Waals surface area contributed by atoms with Crippen LogP contribution in [0.25, 0.3) is 0 Å². The molecule has 4 nitrogen and oxygen atoms in total. The van der Waals surface area contributed by atoms with Crippen molar-refractivity contribution in [1.29, 1.82) is 0 Å². The summed E-state index contributed by atoms with van der Waals surface area (Å²) in [5.41, 5.74) is 1.71. The summed E-state index contributed by atoms with van der Waals surface area (Å²) in [6.07, 6.45) is 0. The molecule has 0 radical (unpaired) electrons. The lowest BCUT2D eigenvalue weighted by Gasteiger charge is -2.38. The lowest BCUT2D eigenvalue weighted by molar-refractivity contribution is 0.141. The van der Waals surface area contributed by atoms with E-state index in [-0.39, 0.29) is 0 Å². The van der Waals surface area contributed by atoms with Crippen LogP contribution in [0.3, 0.4) is 0 Å². The minimum Gasteiger partial charge on any atom is -0.247 e. The Morgan fingerprint density at radius 3 is 2.46 bits per heavy atom. The van der Waals surface area contributed by atoms with Crippen molar-refractivity contribution in [2.75, 3.05) is 21.1 Å². The molecule has 0 bridgehead atoms. The van der Waals surface area contributed by atoms with E-state index < -0.39 is 0 Å². The average molecular weight is 198 g/mol. The van der Waals surface area contributed by atoms with E-state index in [1.165, 1.54) is 0 Å². The first-order chi connectivity index (χ1) is 5.95. The summed E-state index contributed by atoms with van der Waals surface area (Å²) in [5, 5.41) is 10.3. The summed E-state index contributed by atoms with van der Waals surface area (Å²) in [4.78, 5) is 0. The van der Waals surface area contributed by atoms with Crippen molar-refractivity contribution in [3.05, 3.63) is 12.3 Å². The number of hydrogen-bond acceptors (Lipinski definition) is 3. The molecule has 1 aliphatic rings. The van der Waals surface area contributed by atoms with Gasteiger partial charge in [-0.15, -0.1) is 0 Å². The Kier molecular flexibility index (Phi) is 2.68. The Bertz CT molecular complexity index is 282. The molecule has 0 aliphatic carbocycles. The van der Waals surface area contributed by atoms with Crippen LogP contribution in [-0.4, -0.2) is 47.0 Å². The maximum absolute atomic E-state index is 5.20. The molecule has 13 heavy (non-hydrogen) atoms. The number of thiocarbonyl (C=S) groups is 1. The molecule has 1 heterocycles. The van der Waals surface area contributed by atoms with Gasteiger partial charge in [-0.05, 0) is 19.1 Å². The molecule has 0 N–H and O–H groups in total. The smallest absolute Gasteiger partial charge is 0.211 e. The van der Waals surface area contributed by atoms with Crippen LogP contribution in [0.4, 0.5) is 0 Å². The fourth-order valence-electron chi connectivity index (χ4n) is 1.14. The van der Waals surface area contributed by atoms with E-state index in [1.807, 2.05) is 38.1 Å². The summed E-state index contributed by atoms with van der Waals surface area (Å²) >= 11 is 5.20.